The van der Waals surface area contributed by atoms with E-state index in [1.54, 1.807) is 6.92 Å². The van der Waals surface area contributed by atoms with E-state index in [4.69, 9.17) is 26.5 Å². The highest BCUT2D eigenvalue weighted by Crippen LogP contribution is 2.35. The van der Waals surface area contributed by atoms with Gasteiger partial charge in [-0.15, -0.1) is 0 Å². The molecule has 0 saturated carbocycles. The molecule has 1 aliphatic heterocycles. The minimum Gasteiger partial charge on any atom is -0.383 e. The van der Waals surface area contributed by atoms with Crippen LogP contribution in [0.5, 0.6) is 0 Å². The summed E-state index contributed by atoms with van der Waals surface area (Å²) in [7, 11) is 1.39. The fourth-order valence-electron chi connectivity index (χ4n) is 3.20. The van der Waals surface area contributed by atoms with E-state index in [9.17, 15) is 27.6 Å². The Labute approximate surface area is 222 Å². The number of likely N-dealkylation sites (N-methyl/N-ethyl adjacent to an activating group) is 1. The van der Waals surface area contributed by atoms with Crippen molar-refractivity contribution in [3.63, 3.8) is 0 Å². The first-order valence-electron chi connectivity index (χ1n) is 11.0. The van der Waals surface area contributed by atoms with Gasteiger partial charge in [0.2, 0.25) is 12.3 Å². The zero-order valence-corrected chi connectivity index (χ0v) is 21.5. The topological polar surface area (TPSA) is 155 Å². The van der Waals surface area contributed by atoms with Gasteiger partial charge in [0.05, 0.1) is 18.8 Å². The molecule has 0 fully saturated rings. The summed E-state index contributed by atoms with van der Waals surface area (Å²) in [6.45, 7) is -0.0000665. The van der Waals surface area contributed by atoms with E-state index in [0.29, 0.717) is 6.29 Å². The highest BCUT2D eigenvalue weighted by Gasteiger charge is 2.39. The average Bonchev–Trinajstić information content (AvgIpc) is 3.19. The maximum absolute atomic E-state index is 15.0. The summed E-state index contributed by atoms with van der Waals surface area (Å²) in [5.74, 6) is -2.06. The van der Waals surface area contributed by atoms with Crippen LogP contribution in [-0.4, -0.2) is 68.0 Å². The lowest BCUT2D eigenvalue weighted by Gasteiger charge is -2.25. The monoisotopic (exact) mass is 567 g/mol. The average molecular weight is 568 g/mol. The van der Waals surface area contributed by atoms with Crippen molar-refractivity contribution >= 4 is 42.3 Å². The van der Waals surface area contributed by atoms with Crippen LogP contribution in [-0.2, 0) is 32.3 Å². The third-order valence-electron chi connectivity index (χ3n) is 4.69. The number of aldehydes is 1. The molecule has 1 aromatic rings. The highest BCUT2D eigenvalue weighted by atomic mass is 35.5. The Kier molecular flexibility index (Phi) is 16.2. The SMILES string of the molecule is CC=N.CNC(=O)C(CCC=O)N1Cc2c(Cl)cc(COC/C=C/NCC(F)(F)F)c(F)c2C1=O.NC=O. The van der Waals surface area contributed by atoms with Crippen molar-refractivity contribution in [3.05, 3.63) is 45.9 Å². The van der Waals surface area contributed by atoms with Gasteiger partial charge in [-0.3, -0.25) is 14.4 Å². The van der Waals surface area contributed by atoms with E-state index in [1.165, 1.54) is 30.3 Å². The standard InChI is InChI=1S/C20H22ClF4N3O4.C2H5N.CH3NO/c1-26-18(30)15(4-2-6-29)28-9-13-14(21)8-12(17(22)16(13)19(28)31)10-32-7-3-5-27-11-20(23,24)25;1-2-3;2-1-3/h3,5-6,8,15,27H,2,4,7,9-11H2,1H3,(H,26,30);2-3H,1H3;1H,(H2,2,3)/b5-3+;;. The van der Waals surface area contributed by atoms with Crippen LogP contribution in [0.25, 0.3) is 0 Å². The van der Waals surface area contributed by atoms with E-state index in [-0.39, 0.29) is 60.7 Å². The molecule has 1 atom stereocenters. The Hall–Kier alpha value is -3.52. The molecule has 0 aromatic heterocycles. The number of hydrogen-bond donors (Lipinski definition) is 4. The molecule has 1 aromatic carbocycles. The summed E-state index contributed by atoms with van der Waals surface area (Å²) in [6.07, 6.45) is 0.247. The summed E-state index contributed by atoms with van der Waals surface area (Å²) in [4.78, 5) is 45.6. The lowest BCUT2D eigenvalue weighted by Crippen LogP contribution is -2.46. The molecule has 0 saturated heterocycles. The second-order valence-corrected chi connectivity index (χ2v) is 7.74. The van der Waals surface area contributed by atoms with Gasteiger partial charge in [-0.05, 0) is 37.9 Å². The number of benzene rings is 1. The zero-order chi connectivity index (χ0) is 29.3. The number of nitrogens with one attached hydrogen (secondary N) is 3. The number of nitrogens with zero attached hydrogens (tertiary/aromatic N) is 1. The third-order valence-corrected chi connectivity index (χ3v) is 5.03. The van der Waals surface area contributed by atoms with Gasteiger partial charge in [0.25, 0.3) is 5.91 Å². The molecule has 3 amide bonds. The minimum absolute atomic E-state index is 0.00927. The summed E-state index contributed by atoms with van der Waals surface area (Å²) in [5.41, 5.74) is 4.12. The summed E-state index contributed by atoms with van der Waals surface area (Å²) >= 11 is 6.24. The third kappa shape index (κ3) is 11.3. The molecule has 0 bridgehead atoms. The van der Waals surface area contributed by atoms with Crippen LogP contribution in [0.4, 0.5) is 17.6 Å². The molecule has 15 heteroatoms. The predicted octanol–water partition coefficient (Wildman–Crippen LogP) is 2.47. The largest absolute Gasteiger partial charge is 0.405 e. The number of amides is 3. The van der Waals surface area contributed by atoms with Gasteiger partial charge < -0.3 is 36.2 Å². The van der Waals surface area contributed by atoms with Crippen molar-refractivity contribution in [2.45, 2.75) is 45.1 Å². The Morgan fingerprint density at radius 2 is 1.97 bits per heavy atom. The molecule has 0 aliphatic carbocycles. The second-order valence-electron chi connectivity index (χ2n) is 7.33. The molecular weight excluding hydrogens is 538 g/mol. The van der Waals surface area contributed by atoms with Crippen LogP contribution < -0.4 is 16.4 Å². The van der Waals surface area contributed by atoms with Gasteiger partial charge in [0.1, 0.15) is 24.7 Å². The van der Waals surface area contributed by atoms with Crippen molar-refractivity contribution in [2.75, 3.05) is 20.2 Å². The number of ether oxygens (including phenoxy) is 1. The lowest BCUT2D eigenvalue weighted by atomic mass is 10.1. The van der Waals surface area contributed by atoms with Crippen molar-refractivity contribution in [2.24, 2.45) is 5.73 Å². The molecule has 10 nitrogen and oxygen atoms in total. The number of carbonyl (C=O) groups excluding carboxylic acids is 4. The second kappa shape index (κ2) is 17.9. The Bertz CT molecular complexity index is 986. The molecule has 38 heavy (non-hydrogen) atoms. The number of rotatable bonds is 11. The van der Waals surface area contributed by atoms with E-state index in [2.05, 4.69) is 11.1 Å². The number of carbonyl (C=O) groups is 4. The van der Waals surface area contributed by atoms with Crippen molar-refractivity contribution in [3.8, 4) is 0 Å². The first-order valence-corrected chi connectivity index (χ1v) is 11.4. The number of hydrogen-bond acceptors (Lipinski definition) is 7. The summed E-state index contributed by atoms with van der Waals surface area (Å²) < 4.78 is 56.4. The van der Waals surface area contributed by atoms with Crippen LogP contribution in [0.15, 0.2) is 18.3 Å². The number of halogens is 5. The van der Waals surface area contributed by atoms with E-state index < -0.39 is 36.4 Å². The molecule has 0 spiro atoms. The lowest BCUT2D eigenvalue weighted by molar-refractivity contribution is -0.125. The summed E-state index contributed by atoms with van der Waals surface area (Å²) in [6, 6.07) is 0.341. The van der Waals surface area contributed by atoms with Crippen molar-refractivity contribution in [1.82, 2.24) is 15.5 Å². The number of alkyl halides is 3. The maximum Gasteiger partial charge on any atom is 0.405 e. The van der Waals surface area contributed by atoms with Gasteiger partial charge in [-0.1, -0.05) is 11.6 Å². The number of nitrogens with two attached hydrogens (primary N) is 1. The maximum atomic E-state index is 15.0. The Morgan fingerprint density at radius 1 is 1.37 bits per heavy atom. The first kappa shape index (κ1) is 34.5. The zero-order valence-electron chi connectivity index (χ0n) is 20.7. The van der Waals surface area contributed by atoms with Gasteiger partial charge in [-0.25, -0.2) is 4.39 Å². The minimum atomic E-state index is -4.35. The smallest absolute Gasteiger partial charge is 0.383 e. The molecule has 212 valence electrons. The normalized spacial score (nSPS) is 12.9. The van der Waals surface area contributed by atoms with Crippen LogP contribution >= 0.6 is 11.6 Å². The summed E-state index contributed by atoms with van der Waals surface area (Å²) in [5, 5.41) is 10.7. The van der Waals surface area contributed by atoms with E-state index >= 15 is 4.39 Å². The fourth-order valence-corrected chi connectivity index (χ4v) is 3.49. The highest BCUT2D eigenvalue weighted by molar-refractivity contribution is 6.32. The quantitative estimate of drug-likeness (QED) is 0.139. The van der Waals surface area contributed by atoms with Gasteiger partial charge in [0.15, 0.2) is 0 Å². The van der Waals surface area contributed by atoms with Crippen LogP contribution in [0.2, 0.25) is 5.02 Å². The van der Waals surface area contributed by atoms with Crippen LogP contribution in [0.1, 0.15) is 41.3 Å². The molecule has 5 N–H and O–H groups in total. The molecule has 2 rings (SSSR count). The number of fused-ring (bicyclic) bond motifs is 1. The molecule has 1 unspecified atom stereocenters. The van der Waals surface area contributed by atoms with E-state index in [1.807, 2.05) is 5.32 Å². The molecule has 0 radical (unpaired) electrons. The van der Waals surface area contributed by atoms with Crippen LogP contribution in [0, 0.1) is 11.2 Å². The Balaban J connectivity index is 0.00000208. The number of primary amides is 1. The molecular formula is C23H30ClF4N5O5. The van der Waals surface area contributed by atoms with Gasteiger partial charge >= 0.3 is 6.18 Å². The van der Waals surface area contributed by atoms with Crippen molar-refractivity contribution < 1.29 is 41.5 Å². The van der Waals surface area contributed by atoms with Crippen molar-refractivity contribution in [1.29, 1.82) is 5.41 Å². The predicted molar refractivity (Wildman–Crippen MR) is 132 cm³/mol. The Morgan fingerprint density at radius 3 is 2.50 bits per heavy atom. The molecule has 1 aliphatic rings. The van der Waals surface area contributed by atoms with Gasteiger partial charge in [-0.2, -0.15) is 13.2 Å². The molecule has 1 heterocycles. The fraction of sp³-hybridized carbons (Fsp3) is 0.435. The van der Waals surface area contributed by atoms with E-state index in [0.717, 1.165) is 6.20 Å². The first-order chi connectivity index (χ1) is 17.9. The van der Waals surface area contributed by atoms with Crippen LogP contribution in [0.3, 0.4) is 0 Å². The van der Waals surface area contributed by atoms with Gasteiger partial charge in [0, 0.05) is 36.2 Å².